The van der Waals surface area contributed by atoms with Crippen molar-refractivity contribution in [1.82, 2.24) is 5.32 Å². The van der Waals surface area contributed by atoms with Gasteiger partial charge < -0.3 is 15.0 Å². The van der Waals surface area contributed by atoms with Crippen molar-refractivity contribution in [1.29, 1.82) is 0 Å². The zero-order valence-corrected chi connectivity index (χ0v) is 12.3. The number of hydrogen-bond donors (Lipinski definition) is 1. The summed E-state index contributed by atoms with van der Waals surface area (Å²) in [4.78, 5) is 24.5. The number of carbonyl (C=O) groups excluding carboxylic acids is 2. The molecular formula is C15H22N2O3. The Morgan fingerprint density at radius 3 is 2.35 bits per heavy atom. The summed E-state index contributed by atoms with van der Waals surface area (Å²) in [6, 6.07) is 8.11. The monoisotopic (exact) mass is 278 g/mol. The number of esters is 1. The Morgan fingerprint density at radius 2 is 1.80 bits per heavy atom. The van der Waals surface area contributed by atoms with E-state index in [9.17, 15) is 9.59 Å². The first kappa shape index (κ1) is 16.0. The zero-order valence-electron chi connectivity index (χ0n) is 12.3. The van der Waals surface area contributed by atoms with E-state index >= 15 is 0 Å². The first-order chi connectivity index (χ1) is 9.52. The molecule has 5 heteroatoms. The highest BCUT2D eigenvalue weighted by Crippen LogP contribution is 2.13. The van der Waals surface area contributed by atoms with Crippen molar-refractivity contribution >= 4 is 17.6 Å². The lowest BCUT2D eigenvalue weighted by molar-refractivity contribution is -0.140. The number of benzene rings is 1. The number of rotatable bonds is 7. The molecule has 1 rings (SSSR count). The molecule has 5 nitrogen and oxygen atoms in total. The van der Waals surface area contributed by atoms with Gasteiger partial charge in [0.1, 0.15) is 0 Å². The molecule has 0 aliphatic heterocycles. The number of carbonyl (C=O) groups is 2. The first-order valence-corrected chi connectivity index (χ1v) is 6.62. The number of nitrogens with zero attached hydrogens (tertiary/aromatic N) is 1. The van der Waals surface area contributed by atoms with Crippen LogP contribution in [0.5, 0.6) is 0 Å². The van der Waals surface area contributed by atoms with Gasteiger partial charge in [-0.2, -0.15) is 0 Å². The highest BCUT2D eigenvalue weighted by atomic mass is 16.5. The molecule has 0 aliphatic carbocycles. The summed E-state index contributed by atoms with van der Waals surface area (Å²) in [5.74, 6) is -0.366. The number of nitrogens with one attached hydrogen (secondary N) is 1. The van der Waals surface area contributed by atoms with Crippen LogP contribution in [-0.4, -0.2) is 39.6 Å². The predicted octanol–water partition coefficient (Wildman–Crippen LogP) is 1.36. The third kappa shape index (κ3) is 5.73. The van der Waals surface area contributed by atoms with Crippen LogP contribution in [0.3, 0.4) is 0 Å². The van der Waals surface area contributed by atoms with Gasteiger partial charge >= 0.3 is 5.97 Å². The summed E-state index contributed by atoms with van der Waals surface area (Å²) in [6.45, 7) is 0.324. The minimum absolute atomic E-state index is 0.0504. The molecule has 110 valence electrons. The summed E-state index contributed by atoms with van der Waals surface area (Å²) in [5.41, 5.74) is 2.26. The predicted molar refractivity (Wildman–Crippen MR) is 78.7 cm³/mol. The van der Waals surface area contributed by atoms with Gasteiger partial charge in [0.15, 0.2) is 0 Å². The molecule has 1 aromatic rings. The van der Waals surface area contributed by atoms with E-state index in [0.29, 0.717) is 19.4 Å². The van der Waals surface area contributed by atoms with Crippen molar-refractivity contribution in [3.63, 3.8) is 0 Å². The lowest BCUT2D eigenvalue weighted by Crippen LogP contribution is -2.26. The third-order valence-corrected chi connectivity index (χ3v) is 2.97. The molecule has 0 atom stereocenters. The average Bonchev–Trinajstić information content (AvgIpc) is 2.45. The Labute approximate surface area is 119 Å². The highest BCUT2D eigenvalue weighted by molar-refractivity contribution is 5.77. The van der Waals surface area contributed by atoms with E-state index in [2.05, 4.69) is 10.1 Å². The van der Waals surface area contributed by atoms with Gasteiger partial charge in [0.2, 0.25) is 5.91 Å². The number of ether oxygens (including phenoxy) is 1. The second-order valence-electron chi connectivity index (χ2n) is 4.74. The fourth-order valence-corrected chi connectivity index (χ4v) is 1.71. The summed E-state index contributed by atoms with van der Waals surface area (Å²) < 4.78 is 4.50. The molecule has 0 saturated carbocycles. The topological polar surface area (TPSA) is 58.6 Å². The molecule has 0 bridgehead atoms. The summed E-state index contributed by atoms with van der Waals surface area (Å²) >= 11 is 0. The van der Waals surface area contributed by atoms with Crippen LogP contribution < -0.4 is 10.2 Å². The van der Waals surface area contributed by atoms with Crippen LogP contribution in [0.4, 0.5) is 5.69 Å². The molecule has 0 heterocycles. The van der Waals surface area contributed by atoms with Crippen LogP contribution in [-0.2, 0) is 20.7 Å². The van der Waals surface area contributed by atoms with Gasteiger partial charge in [-0.1, -0.05) is 12.1 Å². The zero-order chi connectivity index (χ0) is 15.0. The van der Waals surface area contributed by atoms with Gasteiger partial charge in [-0.15, -0.1) is 0 Å². The van der Waals surface area contributed by atoms with Crippen LogP contribution in [0.2, 0.25) is 0 Å². The Bertz CT molecular complexity index is 441. The van der Waals surface area contributed by atoms with Crippen LogP contribution in [0.25, 0.3) is 0 Å². The number of aryl methyl sites for hydroxylation is 1. The van der Waals surface area contributed by atoms with E-state index in [1.807, 2.05) is 43.3 Å². The molecule has 0 saturated heterocycles. The van der Waals surface area contributed by atoms with Gasteiger partial charge in [0, 0.05) is 32.7 Å². The van der Waals surface area contributed by atoms with Gasteiger partial charge in [-0.05, 0) is 24.1 Å². The fourth-order valence-electron chi connectivity index (χ4n) is 1.71. The standard InChI is InChI=1S/C15H22N2O3/c1-17(2)13-7-4-12(5-8-13)6-9-14(18)16-11-10-15(19)20-3/h4-5,7-8H,6,9-11H2,1-3H3,(H,16,18). The molecular weight excluding hydrogens is 256 g/mol. The van der Waals surface area contributed by atoms with Crippen molar-refractivity contribution < 1.29 is 14.3 Å². The van der Waals surface area contributed by atoms with Crippen molar-refractivity contribution in [2.24, 2.45) is 0 Å². The molecule has 1 aromatic carbocycles. The smallest absolute Gasteiger partial charge is 0.307 e. The molecule has 0 aromatic heterocycles. The van der Waals surface area contributed by atoms with E-state index in [1.165, 1.54) is 7.11 Å². The molecule has 0 radical (unpaired) electrons. The lowest BCUT2D eigenvalue weighted by atomic mass is 10.1. The highest BCUT2D eigenvalue weighted by Gasteiger charge is 2.04. The van der Waals surface area contributed by atoms with Crippen molar-refractivity contribution in [2.45, 2.75) is 19.3 Å². The minimum atomic E-state index is -0.315. The SMILES string of the molecule is COC(=O)CCNC(=O)CCc1ccc(N(C)C)cc1. The Hall–Kier alpha value is -2.04. The van der Waals surface area contributed by atoms with Crippen LogP contribution in [0.1, 0.15) is 18.4 Å². The van der Waals surface area contributed by atoms with E-state index < -0.39 is 0 Å². The van der Waals surface area contributed by atoms with Gasteiger partial charge in [-0.3, -0.25) is 9.59 Å². The third-order valence-electron chi connectivity index (χ3n) is 2.97. The van der Waals surface area contributed by atoms with E-state index in [0.717, 1.165) is 11.3 Å². The Morgan fingerprint density at radius 1 is 1.15 bits per heavy atom. The summed E-state index contributed by atoms with van der Waals surface area (Å²) in [7, 11) is 5.31. The first-order valence-electron chi connectivity index (χ1n) is 6.62. The van der Waals surface area contributed by atoms with Gasteiger partial charge in [-0.25, -0.2) is 0 Å². The van der Waals surface area contributed by atoms with Crippen molar-refractivity contribution in [3.05, 3.63) is 29.8 Å². The van der Waals surface area contributed by atoms with Crippen molar-refractivity contribution in [2.75, 3.05) is 32.6 Å². The second-order valence-corrected chi connectivity index (χ2v) is 4.74. The van der Waals surface area contributed by atoms with E-state index in [4.69, 9.17) is 0 Å². The second kappa shape index (κ2) is 8.19. The minimum Gasteiger partial charge on any atom is -0.469 e. The number of hydrogen-bond acceptors (Lipinski definition) is 4. The van der Waals surface area contributed by atoms with Crippen LogP contribution >= 0.6 is 0 Å². The van der Waals surface area contributed by atoms with Gasteiger partial charge in [0.05, 0.1) is 13.5 Å². The number of anilines is 1. The maximum atomic E-state index is 11.6. The van der Waals surface area contributed by atoms with E-state index in [1.54, 1.807) is 0 Å². The normalized spacial score (nSPS) is 9.95. The maximum absolute atomic E-state index is 11.6. The molecule has 0 spiro atoms. The molecule has 20 heavy (non-hydrogen) atoms. The maximum Gasteiger partial charge on any atom is 0.307 e. The fraction of sp³-hybridized carbons (Fsp3) is 0.467. The van der Waals surface area contributed by atoms with Crippen LogP contribution in [0, 0.1) is 0 Å². The summed E-state index contributed by atoms with van der Waals surface area (Å²) in [5, 5.41) is 2.70. The molecule has 0 aliphatic rings. The number of methoxy groups -OCH3 is 1. The van der Waals surface area contributed by atoms with E-state index in [-0.39, 0.29) is 18.3 Å². The molecule has 0 fully saturated rings. The number of amides is 1. The average molecular weight is 278 g/mol. The van der Waals surface area contributed by atoms with Gasteiger partial charge in [0.25, 0.3) is 0 Å². The summed E-state index contributed by atoms with van der Waals surface area (Å²) in [6.07, 6.45) is 1.32. The lowest BCUT2D eigenvalue weighted by Gasteiger charge is -2.12. The Balaban J connectivity index is 2.28. The largest absolute Gasteiger partial charge is 0.469 e. The van der Waals surface area contributed by atoms with Crippen molar-refractivity contribution in [3.8, 4) is 0 Å². The van der Waals surface area contributed by atoms with Crippen LogP contribution in [0.15, 0.2) is 24.3 Å². The molecule has 1 N–H and O–H groups in total. The molecule has 0 unspecified atom stereocenters. The Kier molecular flexibility index (Phi) is 6.56. The quantitative estimate of drug-likeness (QED) is 0.765. The molecule has 1 amide bonds.